The number of aliphatic hydroxyl groups is 2. The lowest BCUT2D eigenvalue weighted by molar-refractivity contribution is -0.672. The third-order valence-electron chi connectivity index (χ3n) is 1.52. The molecule has 1 fully saturated rings. The minimum Gasteiger partial charge on any atom is -0.390 e. The van der Waals surface area contributed by atoms with Crippen LogP contribution in [-0.4, -0.2) is 35.5 Å². The van der Waals surface area contributed by atoms with Crippen molar-refractivity contribution in [3.8, 4) is 0 Å². The molecular formula is C5H12NO2+. The Balaban J connectivity index is 2.28. The zero-order valence-electron chi connectivity index (χ0n) is 4.75. The Labute approximate surface area is 48.3 Å². The molecule has 0 radical (unpaired) electrons. The van der Waals surface area contributed by atoms with Crippen LogP contribution in [0.15, 0.2) is 0 Å². The highest BCUT2D eigenvalue weighted by Crippen LogP contribution is 1.96. The highest BCUT2D eigenvalue weighted by atomic mass is 16.3. The minimum absolute atomic E-state index is 0.472. The fraction of sp³-hybridized carbons (Fsp3) is 1.00. The minimum atomic E-state index is -0.497. The van der Waals surface area contributed by atoms with E-state index < -0.39 is 12.2 Å². The van der Waals surface area contributed by atoms with E-state index in [-0.39, 0.29) is 0 Å². The van der Waals surface area contributed by atoms with Crippen LogP contribution < -0.4 is 5.32 Å². The smallest absolute Gasteiger partial charge is 0.129 e. The molecule has 1 aliphatic rings. The summed E-state index contributed by atoms with van der Waals surface area (Å²) in [6, 6.07) is 0. The van der Waals surface area contributed by atoms with Gasteiger partial charge in [0.1, 0.15) is 12.6 Å². The van der Waals surface area contributed by atoms with E-state index in [9.17, 15) is 0 Å². The van der Waals surface area contributed by atoms with Crippen molar-refractivity contribution in [2.24, 2.45) is 0 Å². The van der Waals surface area contributed by atoms with Crippen LogP contribution in [0.5, 0.6) is 0 Å². The molecule has 1 aliphatic heterocycles. The molecule has 2 atom stereocenters. The van der Waals surface area contributed by atoms with Gasteiger partial charge in [0.25, 0.3) is 0 Å². The van der Waals surface area contributed by atoms with Crippen LogP contribution in [0.25, 0.3) is 0 Å². The Kier molecular flexibility index (Phi) is 1.83. The van der Waals surface area contributed by atoms with E-state index in [1.807, 2.05) is 5.32 Å². The maximum Gasteiger partial charge on any atom is 0.129 e. The Morgan fingerprint density at radius 2 is 2.00 bits per heavy atom. The molecule has 4 N–H and O–H groups in total. The molecular weight excluding hydrogens is 106 g/mol. The molecule has 1 rings (SSSR count). The molecule has 0 bridgehead atoms. The van der Waals surface area contributed by atoms with Crippen LogP contribution in [-0.2, 0) is 0 Å². The molecule has 8 heavy (non-hydrogen) atoms. The van der Waals surface area contributed by atoms with Gasteiger partial charge in [-0.15, -0.1) is 0 Å². The van der Waals surface area contributed by atoms with Crippen LogP contribution >= 0.6 is 0 Å². The van der Waals surface area contributed by atoms with Crippen LogP contribution in [0.2, 0.25) is 0 Å². The van der Waals surface area contributed by atoms with Gasteiger partial charge in [-0.1, -0.05) is 0 Å². The normalized spacial score (nSPS) is 39.8. The van der Waals surface area contributed by atoms with Crippen LogP contribution in [0.1, 0.15) is 6.42 Å². The summed E-state index contributed by atoms with van der Waals surface area (Å²) >= 11 is 0. The average molecular weight is 118 g/mol. The summed E-state index contributed by atoms with van der Waals surface area (Å²) in [7, 11) is 0. The van der Waals surface area contributed by atoms with Crippen molar-refractivity contribution in [3.63, 3.8) is 0 Å². The van der Waals surface area contributed by atoms with Crippen LogP contribution in [0.3, 0.4) is 0 Å². The average Bonchev–Trinajstić information content (AvgIpc) is 1.77. The number of quaternary nitrogens is 1. The summed E-state index contributed by atoms with van der Waals surface area (Å²) in [5, 5.41) is 19.8. The maximum atomic E-state index is 8.91. The number of hydrogen-bond acceptors (Lipinski definition) is 2. The first-order chi connectivity index (χ1) is 3.80. The predicted molar refractivity (Wildman–Crippen MR) is 28.3 cm³/mol. The first-order valence-corrected chi connectivity index (χ1v) is 2.98. The first kappa shape index (κ1) is 6.01. The molecule has 0 aliphatic carbocycles. The van der Waals surface area contributed by atoms with Crippen molar-refractivity contribution in [1.29, 1.82) is 0 Å². The number of piperidine rings is 1. The Morgan fingerprint density at radius 1 is 1.25 bits per heavy atom. The first-order valence-electron chi connectivity index (χ1n) is 2.98. The fourth-order valence-electron chi connectivity index (χ4n) is 0.927. The SMILES string of the molecule is O[C@@H]1CC[NH2+]C[C@H]1O. The van der Waals surface area contributed by atoms with Crippen molar-refractivity contribution in [2.45, 2.75) is 18.6 Å². The van der Waals surface area contributed by atoms with Crippen molar-refractivity contribution < 1.29 is 15.5 Å². The molecule has 1 saturated heterocycles. The van der Waals surface area contributed by atoms with E-state index in [1.54, 1.807) is 0 Å². The van der Waals surface area contributed by atoms with Crippen molar-refractivity contribution in [1.82, 2.24) is 0 Å². The molecule has 48 valence electrons. The van der Waals surface area contributed by atoms with Gasteiger partial charge in [0.2, 0.25) is 0 Å². The molecule has 0 unspecified atom stereocenters. The van der Waals surface area contributed by atoms with Crippen molar-refractivity contribution in [3.05, 3.63) is 0 Å². The molecule has 1 heterocycles. The zero-order valence-corrected chi connectivity index (χ0v) is 4.75. The molecule has 3 heteroatoms. The number of rotatable bonds is 0. The largest absolute Gasteiger partial charge is 0.390 e. The monoisotopic (exact) mass is 118 g/mol. The molecule has 3 nitrogen and oxygen atoms in total. The third kappa shape index (κ3) is 1.18. The summed E-state index contributed by atoms with van der Waals surface area (Å²) < 4.78 is 0. The summed E-state index contributed by atoms with van der Waals surface area (Å²) in [4.78, 5) is 0. The fourth-order valence-corrected chi connectivity index (χ4v) is 0.927. The lowest BCUT2D eigenvalue weighted by Crippen LogP contribution is -2.89. The molecule has 0 aromatic heterocycles. The second-order valence-electron chi connectivity index (χ2n) is 2.24. The van der Waals surface area contributed by atoms with E-state index in [2.05, 4.69) is 0 Å². The van der Waals surface area contributed by atoms with E-state index in [0.717, 1.165) is 13.0 Å². The molecule has 0 aromatic carbocycles. The van der Waals surface area contributed by atoms with Crippen LogP contribution in [0, 0.1) is 0 Å². The Morgan fingerprint density at radius 3 is 2.38 bits per heavy atom. The second kappa shape index (κ2) is 2.44. The van der Waals surface area contributed by atoms with Gasteiger partial charge in [-0.25, -0.2) is 0 Å². The second-order valence-corrected chi connectivity index (χ2v) is 2.24. The highest BCUT2D eigenvalue weighted by molar-refractivity contribution is 4.67. The van der Waals surface area contributed by atoms with Gasteiger partial charge in [-0.2, -0.15) is 0 Å². The van der Waals surface area contributed by atoms with Crippen molar-refractivity contribution >= 4 is 0 Å². The van der Waals surface area contributed by atoms with Gasteiger partial charge >= 0.3 is 0 Å². The standard InChI is InChI=1S/C5H11NO2/c7-4-1-2-6-3-5(4)8/h4-8H,1-3H2/p+1/t4-,5-/m1/s1. The van der Waals surface area contributed by atoms with Gasteiger partial charge in [-0.05, 0) is 0 Å². The maximum absolute atomic E-state index is 8.91. The number of nitrogens with two attached hydrogens (primary N) is 1. The van der Waals surface area contributed by atoms with Gasteiger partial charge in [-0.3, -0.25) is 0 Å². The number of aliphatic hydroxyl groups excluding tert-OH is 2. The van der Waals surface area contributed by atoms with Gasteiger partial charge < -0.3 is 15.5 Å². The molecule has 0 amide bonds. The molecule has 0 spiro atoms. The Hall–Kier alpha value is -0.120. The number of hydrogen-bond donors (Lipinski definition) is 3. The highest BCUT2D eigenvalue weighted by Gasteiger charge is 2.22. The van der Waals surface area contributed by atoms with E-state index >= 15 is 0 Å². The van der Waals surface area contributed by atoms with E-state index in [4.69, 9.17) is 10.2 Å². The predicted octanol–water partition coefficient (Wildman–Crippen LogP) is -2.32. The summed E-state index contributed by atoms with van der Waals surface area (Å²) in [5.41, 5.74) is 0. The summed E-state index contributed by atoms with van der Waals surface area (Å²) in [5.74, 6) is 0. The Bertz CT molecular complexity index is 66.8. The summed E-state index contributed by atoms with van der Waals surface area (Å²) in [6.45, 7) is 1.60. The van der Waals surface area contributed by atoms with Gasteiger partial charge in [0.05, 0.1) is 12.6 Å². The summed E-state index contributed by atoms with van der Waals surface area (Å²) in [6.07, 6.45) is -0.245. The van der Waals surface area contributed by atoms with Gasteiger partial charge in [0, 0.05) is 6.42 Å². The quantitative estimate of drug-likeness (QED) is 0.334. The molecule has 0 aromatic rings. The van der Waals surface area contributed by atoms with E-state index in [0.29, 0.717) is 6.54 Å². The van der Waals surface area contributed by atoms with Crippen molar-refractivity contribution in [2.75, 3.05) is 13.1 Å². The van der Waals surface area contributed by atoms with E-state index in [1.165, 1.54) is 0 Å². The lowest BCUT2D eigenvalue weighted by atomic mass is 10.1. The lowest BCUT2D eigenvalue weighted by Gasteiger charge is -2.20. The third-order valence-corrected chi connectivity index (χ3v) is 1.52. The van der Waals surface area contributed by atoms with Crippen LogP contribution in [0.4, 0.5) is 0 Å². The van der Waals surface area contributed by atoms with Gasteiger partial charge in [0.15, 0.2) is 0 Å². The topological polar surface area (TPSA) is 57.1 Å². The zero-order chi connectivity index (χ0) is 5.98. The molecule has 0 saturated carbocycles.